The predicted octanol–water partition coefficient (Wildman–Crippen LogP) is 3.77. The molecule has 0 atom stereocenters. The molecule has 0 aliphatic rings. The molecule has 0 fully saturated rings. The molecule has 0 saturated heterocycles. The van der Waals surface area contributed by atoms with Crippen molar-refractivity contribution in [2.75, 3.05) is 12.4 Å². The van der Waals surface area contributed by atoms with Gasteiger partial charge in [-0.15, -0.1) is 0 Å². The summed E-state index contributed by atoms with van der Waals surface area (Å²) in [5.74, 6) is 0.828. The molecule has 2 aromatic rings. The third-order valence-electron chi connectivity index (χ3n) is 2.60. The molecule has 94 valence electrons. The van der Waals surface area contributed by atoms with Crippen molar-refractivity contribution in [1.82, 2.24) is 4.98 Å². The van der Waals surface area contributed by atoms with E-state index in [0.717, 1.165) is 21.6 Å². The molecule has 1 aromatic heterocycles. The zero-order valence-electron chi connectivity index (χ0n) is 10.4. The minimum absolute atomic E-state index is 0.707. The standard InChI is InChI=1S/C14H15BrN2O/c1-10-3-4-12(16-8-10)9-17-11-5-6-14(18-2)13(15)7-11/h3-8,17H,9H2,1-2H3. The van der Waals surface area contributed by atoms with Gasteiger partial charge in [-0.2, -0.15) is 0 Å². The van der Waals surface area contributed by atoms with Gasteiger partial charge >= 0.3 is 0 Å². The van der Waals surface area contributed by atoms with Gasteiger partial charge < -0.3 is 10.1 Å². The minimum Gasteiger partial charge on any atom is -0.496 e. The second-order valence-electron chi connectivity index (χ2n) is 4.03. The number of pyridine rings is 1. The third-order valence-corrected chi connectivity index (χ3v) is 3.22. The molecule has 0 spiro atoms. The average molecular weight is 307 g/mol. The number of benzene rings is 1. The number of anilines is 1. The van der Waals surface area contributed by atoms with Gasteiger partial charge in [0.1, 0.15) is 5.75 Å². The highest BCUT2D eigenvalue weighted by molar-refractivity contribution is 9.10. The highest BCUT2D eigenvalue weighted by atomic mass is 79.9. The molecule has 0 bridgehead atoms. The first-order valence-corrected chi connectivity index (χ1v) is 6.47. The van der Waals surface area contributed by atoms with E-state index in [0.29, 0.717) is 6.54 Å². The van der Waals surface area contributed by atoms with Crippen LogP contribution in [0, 0.1) is 6.92 Å². The van der Waals surface area contributed by atoms with Gasteiger partial charge in [0.05, 0.1) is 23.8 Å². The van der Waals surface area contributed by atoms with Crippen molar-refractivity contribution in [2.45, 2.75) is 13.5 Å². The Morgan fingerprint density at radius 3 is 2.72 bits per heavy atom. The Balaban J connectivity index is 2.02. The minimum atomic E-state index is 0.707. The van der Waals surface area contributed by atoms with E-state index >= 15 is 0 Å². The van der Waals surface area contributed by atoms with Gasteiger partial charge in [0, 0.05) is 11.9 Å². The SMILES string of the molecule is COc1ccc(NCc2ccc(C)cn2)cc1Br. The molecule has 0 amide bonds. The Bertz CT molecular complexity index is 526. The van der Waals surface area contributed by atoms with Gasteiger partial charge in [-0.25, -0.2) is 0 Å². The summed E-state index contributed by atoms with van der Waals surface area (Å²) in [6.45, 7) is 2.74. The molecular formula is C14H15BrN2O. The van der Waals surface area contributed by atoms with E-state index in [4.69, 9.17) is 4.74 Å². The number of aryl methyl sites for hydroxylation is 1. The lowest BCUT2D eigenvalue weighted by Crippen LogP contribution is -2.01. The molecule has 0 unspecified atom stereocenters. The monoisotopic (exact) mass is 306 g/mol. The van der Waals surface area contributed by atoms with Gasteiger partial charge in [0.2, 0.25) is 0 Å². The highest BCUT2D eigenvalue weighted by Crippen LogP contribution is 2.27. The van der Waals surface area contributed by atoms with E-state index in [1.54, 1.807) is 7.11 Å². The maximum absolute atomic E-state index is 5.19. The van der Waals surface area contributed by atoms with Crippen molar-refractivity contribution in [3.05, 3.63) is 52.3 Å². The normalized spacial score (nSPS) is 10.2. The molecule has 1 N–H and O–H groups in total. The number of nitrogens with zero attached hydrogens (tertiary/aromatic N) is 1. The molecule has 0 aliphatic carbocycles. The number of methoxy groups -OCH3 is 1. The summed E-state index contributed by atoms with van der Waals surface area (Å²) < 4.78 is 6.13. The molecule has 0 saturated carbocycles. The van der Waals surface area contributed by atoms with Crippen LogP contribution >= 0.6 is 15.9 Å². The number of rotatable bonds is 4. The van der Waals surface area contributed by atoms with Crippen LogP contribution in [-0.2, 0) is 6.54 Å². The van der Waals surface area contributed by atoms with Crippen LogP contribution in [0.4, 0.5) is 5.69 Å². The Morgan fingerprint density at radius 1 is 1.28 bits per heavy atom. The summed E-state index contributed by atoms with van der Waals surface area (Å²) in [6.07, 6.45) is 1.88. The maximum Gasteiger partial charge on any atom is 0.133 e. The Hall–Kier alpha value is -1.55. The number of aromatic nitrogens is 1. The molecule has 1 aromatic carbocycles. The molecule has 1 heterocycles. The molecule has 3 nitrogen and oxygen atoms in total. The van der Waals surface area contributed by atoms with Crippen LogP contribution in [0.3, 0.4) is 0 Å². The van der Waals surface area contributed by atoms with E-state index in [9.17, 15) is 0 Å². The summed E-state index contributed by atoms with van der Waals surface area (Å²) in [5, 5.41) is 3.32. The van der Waals surface area contributed by atoms with E-state index in [1.165, 1.54) is 5.56 Å². The van der Waals surface area contributed by atoms with Crippen LogP contribution in [0.25, 0.3) is 0 Å². The maximum atomic E-state index is 5.19. The van der Waals surface area contributed by atoms with E-state index < -0.39 is 0 Å². The fourth-order valence-corrected chi connectivity index (χ4v) is 2.11. The van der Waals surface area contributed by atoms with Crippen LogP contribution in [0.5, 0.6) is 5.75 Å². The fourth-order valence-electron chi connectivity index (χ4n) is 1.57. The summed E-state index contributed by atoms with van der Waals surface area (Å²) in [5.41, 5.74) is 3.23. The van der Waals surface area contributed by atoms with Gasteiger partial charge in [-0.1, -0.05) is 6.07 Å². The number of hydrogen-bond donors (Lipinski definition) is 1. The highest BCUT2D eigenvalue weighted by Gasteiger charge is 2.01. The molecular weight excluding hydrogens is 292 g/mol. The lowest BCUT2D eigenvalue weighted by Gasteiger charge is -2.09. The summed E-state index contributed by atoms with van der Waals surface area (Å²) >= 11 is 3.46. The van der Waals surface area contributed by atoms with Crippen LogP contribution in [-0.4, -0.2) is 12.1 Å². The smallest absolute Gasteiger partial charge is 0.133 e. The second-order valence-corrected chi connectivity index (χ2v) is 4.88. The summed E-state index contributed by atoms with van der Waals surface area (Å²) in [7, 11) is 1.66. The first kappa shape index (κ1) is 12.9. The van der Waals surface area contributed by atoms with Crippen LogP contribution in [0.15, 0.2) is 41.0 Å². The topological polar surface area (TPSA) is 34.1 Å². The van der Waals surface area contributed by atoms with Crippen molar-refractivity contribution in [1.29, 1.82) is 0 Å². The number of halogens is 1. The quantitative estimate of drug-likeness (QED) is 0.933. The lowest BCUT2D eigenvalue weighted by atomic mass is 10.2. The van der Waals surface area contributed by atoms with Crippen molar-refractivity contribution in [2.24, 2.45) is 0 Å². The van der Waals surface area contributed by atoms with Crippen LogP contribution in [0.1, 0.15) is 11.3 Å². The fraction of sp³-hybridized carbons (Fsp3) is 0.214. The molecule has 4 heteroatoms. The molecule has 18 heavy (non-hydrogen) atoms. The number of hydrogen-bond acceptors (Lipinski definition) is 3. The zero-order chi connectivity index (χ0) is 13.0. The van der Waals surface area contributed by atoms with Crippen LogP contribution in [0.2, 0.25) is 0 Å². The van der Waals surface area contributed by atoms with E-state index in [2.05, 4.69) is 32.3 Å². The molecule has 0 radical (unpaired) electrons. The van der Waals surface area contributed by atoms with Crippen LogP contribution < -0.4 is 10.1 Å². The first-order valence-electron chi connectivity index (χ1n) is 5.68. The Kier molecular flexibility index (Phi) is 4.20. The second kappa shape index (κ2) is 5.87. The van der Waals surface area contributed by atoms with Gasteiger partial charge in [-0.05, 0) is 52.7 Å². The Morgan fingerprint density at radius 2 is 2.11 bits per heavy atom. The summed E-state index contributed by atoms with van der Waals surface area (Å²) in [4.78, 5) is 4.35. The third kappa shape index (κ3) is 3.23. The number of ether oxygens (including phenoxy) is 1. The lowest BCUT2D eigenvalue weighted by molar-refractivity contribution is 0.412. The van der Waals surface area contributed by atoms with Gasteiger partial charge in [0.15, 0.2) is 0 Å². The van der Waals surface area contributed by atoms with Crippen molar-refractivity contribution >= 4 is 21.6 Å². The van der Waals surface area contributed by atoms with E-state index in [1.807, 2.05) is 37.4 Å². The predicted molar refractivity (Wildman–Crippen MR) is 77.0 cm³/mol. The summed E-state index contributed by atoms with van der Waals surface area (Å²) in [6, 6.07) is 9.99. The van der Waals surface area contributed by atoms with Crippen molar-refractivity contribution in [3.8, 4) is 5.75 Å². The molecule has 2 rings (SSSR count). The average Bonchev–Trinajstić information content (AvgIpc) is 2.38. The Labute approximate surface area is 115 Å². The number of nitrogens with one attached hydrogen (secondary N) is 1. The van der Waals surface area contributed by atoms with Crippen molar-refractivity contribution < 1.29 is 4.74 Å². The van der Waals surface area contributed by atoms with Gasteiger partial charge in [0.25, 0.3) is 0 Å². The largest absolute Gasteiger partial charge is 0.496 e. The first-order chi connectivity index (χ1) is 8.69. The van der Waals surface area contributed by atoms with Gasteiger partial charge in [-0.3, -0.25) is 4.98 Å². The van der Waals surface area contributed by atoms with E-state index in [-0.39, 0.29) is 0 Å². The zero-order valence-corrected chi connectivity index (χ0v) is 12.0. The van der Waals surface area contributed by atoms with Crippen molar-refractivity contribution in [3.63, 3.8) is 0 Å². The molecule has 0 aliphatic heterocycles.